The van der Waals surface area contributed by atoms with Gasteiger partial charge < -0.3 is 4.74 Å². The maximum Gasteiger partial charge on any atom is 0.120 e. The number of rotatable bonds is 3. The summed E-state index contributed by atoms with van der Waals surface area (Å²) in [4.78, 5) is 2.92. The standard InChI is InChI=1S/C14H14Br2OS/c1-8-6-13(18-9(8)2)14(16)11-5-4-10(17-3)7-12(11)15/h4-7,14H,1-3H3. The van der Waals surface area contributed by atoms with Gasteiger partial charge in [-0.15, -0.1) is 11.3 Å². The van der Waals surface area contributed by atoms with E-state index in [2.05, 4.69) is 57.8 Å². The summed E-state index contributed by atoms with van der Waals surface area (Å²) in [7, 11) is 1.68. The summed E-state index contributed by atoms with van der Waals surface area (Å²) < 4.78 is 6.28. The van der Waals surface area contributed by atoms with Gasteiger partial charge in [0.25, 0.3) is 0 Å². The summed E-state index contributed by atoms with van der Waals surface area (Å²) >= 11 is 9.22. The number of halogens is 2. The fourth-order valence-electron chi connectivity index (χ4n) is 1.72. The van der Waals surface area contributed by atoms with E-state index in [1.54, 1.807) is 7.11 Å². The SMILES string of the molecule is COc1ccc(C(Br)c2cc(C)c(C)s2)c(Br)c1. The smallest absolute Gasteiger partial charge is 0.120 e. The van der Waals surface area contributed by atoms with Crippen molar-refractivity contribution < 1.29 is 4.74 Å². The highest BCUT2D eigenvalue weighted by atomic mass is 79.9. The molecule has 0 aliphatic rings. The Labute approximate surface area is 128 Å². The summed E-state index contributed by atoms with van der Waals surface area (Å²) in [5.41, 5.74) is 2.57. The van der Waals surface area contributed by atoms with Crippen molar-refractivity contribution in [3.05, 3.63) is 49.6 Å². The largest absolute Gasteiger partial charge is 0.497 e. The molecule has 96 valence electrons. The molecule has 1 aromatic heterocycles. The van der Waals surface area contributed by atoms with Gasteiger partial charge in [0.1, 0.15) is 5.75 Å². The summed E-state index contributed by atoms with van der Waals surface area (Å²) in [5, 5.41) is 0. The molecule has 0 bridgehead atoms. The molecular formula is C14H14Br2OS. The Balaban J connectivity index is 2.36. The number of thiophene rings is 1. The molecule has 2 aromatic rings. The summed E-state index contributed by atoms with van der Waals surface area (Å²) in [5.74, 6) is 0.865. The van der Waals surface area contributed by atoms with Crippen molar-refractivity contribution in [2.45, 2.75) is 18.7 Å². The molecule has 0 aliphatic carbocycles. The van der Waals surface area contributed by atoms with Crippen LogP contribution in [0.1, 0.15) is 25.7 Å². The normalized spacial score (nSPS) is 12.5. The molecule has 1 aromatic carbocycles. The molecule has 0 saturated carbocycles. The first-order valence-electron chi connectivity index (χ1n) is 5.57. The van der Waals surface area contributed by atoms with E-state index in [0.29, 0.717) is 0 Å². The van der Waals surface area contributed by atoms with E-state index in [1.807, 2.05) is 23.5 Å². The molecule has 0 aliphatic heterocycles. The molecular weight excluding hydrogens is 376 g/mol. The molecule has 18 heavy (non-hydrogen) atoms. The van der Waals surface area contributed by atoms with E-state index in [4.69, 9.17) is 4.74 Å². The lowest BCUT2D eigenvalue weighted by Crippen LogP contribution is -1.92. The first-order valence-corrected chi connectivity index (χ1v) is 8.10. The zero-order valence-electron chi connectivity index (χ0n) is 10.5. The van der Waals surface area contributed by atoms with Crippen LogP contribution < -0.4 is 4.74 Å². The average Bonchev–Trinajstić information content (AvgIpc) is 2.68. The van der Waals surface area contributed by atoms with E-state index in [0.717, 1.165) is 10.2 Å². The molecule has 0 fully saturated rings. The zero-order chi connectivity index (χ0) is 13.3. The van der Waals surface area contributed by atoms with Gasteiger partial charge in [0, 0.05) is 14.2 Å². The molecule has 0 saturated heterocycles. The van der Waals surface area contributed by atoms with E-state index in [1.165, 1.54) is 20.9 Å². The molecule has 0 N–H and O–H groups in total. The third-order valence-corrected chi connectivity index (χ3v) is 6.11. The third kappa shape index (κ3) is 2.81. The van der Waals surface area contributed by atoms with Gasteiger partial charge in [-0.25, -0.2) is 0 Å². The lowest BCUT2D eigenvalue weighted by molar-refractivity contribution is 0.414. The Morgan fingerprint density at radius 1 is 1.22 bits per heavy atom. The van der Waals surface area contributed by atoms with E-state index in [9.17, 15) is 0 Å². The average molecular weight is 390 g/mol. The molecule has 1 unspecified atom stereocenters. The van der Waals surface area contributed by atoms with Gasteiger partial charge in [-0.3, -0.25) is 0 Å². The molecule has 0 amide bonds. The second-order valence-electron chi connectivity index (χ2n) is 4.14. The number of aryl methyl sites for hydroxylation is 2. The van der Waals surface area contributed by atoms with Gasteiger partial charge in [-0.2, -0.15) is 0 Å². The maximum atomic E-state index is 5.22. The summed E-state index contributed by atoms with van der Waals surface area (Å²) in [6, 6.07) is 8.32. The second kappa shape index (κ2) is 5.76. The van der Waals surface area contributed by atoms with Gasteiger partial charge in [0.05, 0.1) is 11.9 Å². The van der Waals surface area contributed by atoms with Crippen molar-refractivity contribution in [3.8, 4) is 5.75 Å². The van der Waals surface area contributed by atoms with E-state index in [-0.39, 0.29) is 4.83 Å². The van der Waals surface area contributed by atoms with Crippen molar-refractivity contribution in [3.63, 3.8) is 0 Å². The van der Waals surface area contributed by atoms with Crippen LogP contribution in [0.15, 0.2) is 28.7 Å². The van der Waals surface area contributed by atoms with Crippen LogP contribution in [-0.4, -0.2) is 7.11 Å². The Kier molecular flexibility index (Phi) is 4.51. The number of benzene rings is 1. The topological polar surface area (TPSA) is 9.23 Å². The van der Waals surface area contributed by atoms with Crippen LogP contribution >= 0.6 is 43.2 Å². The number of hydrogen-bond acceptors (Lipinski definition) is 2. The minimum Gasteiger partial charge on any atom is -0.497 e. The van der Waals surface area contributed by atoms with Crippen molar-refractivity contribution in [1.82, 2.24) is 0 Å². The first kappa shape index (κ1) is 14.1. The highest BCUT2D eigenvalue weighted by molar-refractivity contribution is 9.11. The Bertz CT molecular complexity index is 543. The lowest BCUT2D eigenvalue weighted by atomic mass is 10.1. The quantitative estimate of drug-likeness (QED) is 0.619. The number of hydrogen-bond donors (Lipinski definition) is 0. The van der Waals surface area contributed by atoms with Crippen molar-refractivity contribution >= 4 is 43.2 Å². The molecule has 4 heteroatoms. The highest BCUT2D eigenvalue weighted by Gasteiger charge is 2.16. The number of methoxy groups -OCH3 is 1. The fourth-order valence-corrected chi connectivity index (χ4v) is 4.47. The third-order valence-electron chi connectivity index (χ3n) is 2.92. The number of ether oxygens (including phenoxy) is 1. The van der Waals surface area contributed by atoms with Crippen molar-refractivity contribution in [1.29, 1.82) is 0 Å². The molecule has 1 heterocycles. The van der Waals surface area contributed by atoms with Gasteiger partial charge in [-0.05, 0) is 43.2 Å². The lowest BCUT2D eigenvalue weighted by Gasteiger charge is -2.11. The monoisotopic (exact) mass is 388 g/mol. The molecule has 2 rings (SSSR count). The maximum absolute atomic E-state index is 5.22. The predicted molar refractivity (Wildman–Crippen MR) is 85.3 cm³/mol. The van der Waals surface area contributed by atoms with Crippen LogP contribution in [0.25, 0.3) is 0 Å². The van der Waals surface area contributed by atoms with Crippen LogP contribution in [0.5, 0.6) is 5.75 Å². The van der Waals surface area contributed by atoms with Crippen LogP contribution in [-0.2, 0) is 0 Å². The second-order valence-corrected chi connectivity index (χ2v) is 7.20. The summed E-state index contributed by atoms with van der Waals surface area (Å²) in [6.07, 6.45) is 0. The Morgan fingerprint density at radius 3 is 2.44 bits per heavy atom. The van der Waals surface area contributed by atoms with Crippen molar-refractivity contribution in [2.75, 3.05) is 7.11 Å². The van der Waals surface area contributed by atoms with Gasteiger partial charge >= 0.3 is 0 Å². The molecule has 0 spiro atoms. The first-order chi connectivity index (χ1) is 8.52. The van der Waals surface area contributed by atoms with E-state index >= 15 is 0 Å². The molecule has 1 nitrogen and oxygen atoms in total. The highest BCUT2D eigenvalue weighted by Crippen LogP contribution is 2.40. The predicted octanol–water partition coefficient (Wildman–Crippen LogP) is 5.62. The van der Waals surface area contributed by atoms with E-state index < -0.39 is 0 Å². The number of alkyl halides is 1. The Morgan fingerprint density at radius 2 is 1.94 bits per heavy atom. The fraction of sp³-hybridized carbons (Fsp3) is 0.286. The van der Waals surface area contributed by atoms with Gasteiger partial charge in [-0.1, -0.05) is 37.9 Å². The Hall–Kier alpha value is -0.320. The van der Waals surface area contributed by atoms with Crippen LogP contribution in [0, 0.1) is 13.8 Å². The van der Waals surface area contributed by atoms with Crippen LogP contribution in [0.2, 0.25) is 0 Å². The van der Waals surface area contributed by atoms with Crippen LogP contribution in [0.4, 0.5) is 0 Å². The van der Waals surface area contributed by atoms with Gasteiger partial charge in [0.2, 0.25) is 0 Å². The van der Waals surface area contributed by atoms with Gasteiger partial charge in [0.15, 0.2) is 0 Å². The molecule has 1 atom stereocenters. The van der Waals surface area contributed by atoms with Crippen LogP contribution in [0.3, 0.4) is 0 Å². The minimum atomic E-state index is 0.218. The molecule has 0 radical (unpaired) electrons. The summed E-state index contributed by atoms with van der Waals surface area (Å²) in [6.45, 7) is 4.31. The zero-order valence-corrected chi connectivity index (χ0v) is 14.4. The van der Waals surface area contributed by atoms with Crippen molar-refractivity contribution in [2.24, 2.45) is 0 Å². The minimum absolute atomic E-state index is 0.218.